The van der Waals surface area contributed by atoms with E-state index in [4.69, 9.17) is 5.11 Å². The number of amides is 1. The summed E-state index contributed by atoms with van der Waals surface area (Å²) in [5.41, 5.74) is 0.427. The fourth-order valence-electron chi connectivity index (χ4n) is 1.46. The Hall–Kier alpha value is -2.03. The molecule has 1 amide bonds. The second kappa shape index (κ2) is 7.11. The van der Waals surface area contributed by atoms with E-state index in [2.05, 4.69) is 5.32 Å². The Morgan fingerprint density at radius 1 is 1.19 bits per heavy atom. The van der Waals surface area contributed by atoms with E-state index in [1.54, 1.807) is 0 Å². The maximum atomic E-state index is 12.3. The number of rotatable bonds is 7. The van der Waals surface area contributed by atoms with Crippen LogP contribution >= 0.6 is 0 Å². The van der Waals surface area contributed by atoms with Crippen LogP contribution in [0.25, 0.3) is 0 Å². The van der Waals surface area contributed by atoms with Gasteiger partial charge < -0.3 is 10.4 Å². The molecule has 0 radical (unpaired) electrons. The molecule has 0 aromatic heterocycles. The summed E-state index contributed by atoms with van der Waals surface area (Å²) < 4.78 is 47.0. The molecule has 0 aliphatic rings. The molecule has 0 aliphatic carbocycles. The minimum absolute atomic E-state index is 0.0218. The predicted molar refractivity (Wildman–Crippen MR) is 68.6 cm³/mol. The number of carbonyl (C=O) groups is 2. The molecule has 21 heavy (non-hydrogen) atoms. The van der Waals surface area contributed by atoms with Crippen LogP contribution < -0.4 is 5.32 Å². The highest BCUT2D eigenvalue weighted by molar-refractivity contribution is 7.91. The van der Waals surface area contributed by atoms with Crippen LogP contribution in [-0.4, -0.2) is 37.7 Å². The number of alkyl halides is 2. The van der Waals surface area contributed by atoms with Gasteiger partial charge in [-0.05, 0) is 17.7 Å². The average molecular weight is 321 g/mol. The Morgan fingerprint density at radius 3 is 2.24 bits per heavy atom. The van der Waals surface area contributed by atoms with Gasteiger partial charge in [0.05, 0.1) is 17.7 Å². The first-order chi connectivity index (χ1) is 9.73. The van der Waals surface area contributed by atoms with E-state index in [0.29, 0.717) is 5.56 Å². The Morgan fingerprint density at radius 2 is 1.76 bits per heavy atom. The molecule has 1 aromatic carbocycles. The Balaban J connectivity index is 2.63. The van der Waals surface area contributed by atoms with Gasteiger partial charge in [0.15, 0.2) is 0 Å². The van der Waals surface area contributed by atoms with Crippen LogP contribution in [0.5, 0.6) is 0 Å². The third-order valence-electron chi connectivity index (χ3n) is 2.51. The summed E-state index contributed by atoms with van der Waals surface area (Å²) in [5, 5.41) is 10.8. The fourth-order valence-corrected chi connectivity index (χ4v) is 2.18. The molecular weight excluding hydrogens is 308 g/mol. The number of carboxylic acids is 1. The lowest BCUT2D eigenvalue weighted by atomic mass is 10.1. The lowest BCUT2D eigenvalue weighted by Crippen LogP contribution is -2.27. The van der Waals surface area contributed by atoms with Crippen LogP contribution in [-0.2, 0) is 25.8 Å². The zero-order valence-corrected chi connectivity index (χ0v) is 11.6. The van der Waals surface area contributed by atoms with E-state index in [9.17, 15) is 26.8 Å². The minimum atomic E-state index is -4.64. The number of halogens is 2. The zero-order valence-electron chi connectivity index (χ0n) is 10.8. The molecule has 6 nitrogen and oxygen atoms in total. The lowest BCUT2D eigenvalue weighted by Gasteiger charge is -2.06. The third-order valence-corrected chi connectivity index (χ3v) is 3.91. The summed E-state index contributed by atoms with van der Waals surface area (Å²) in [6, 6.07) is 4.51. The van der Waals surface area contributed by atoms with E-state index in [1.165, 1.54) is 12.1 Å². The van der Waals surface area contributed by atoms with Gasteiger partial charge in [-0.2, -0.15) is 8.78 Å². The summed E-state index contributed by atoms with van der Waals surface area (Å²) in [4.78, 5) is 21.2. The van der Waals surface area contributed by atoms with Gasteiger partial charge in [-0.15, -0.1) is 0 Å². The number of carbonyl (C=O) groups excluding carboxylic acids is 1. The highest BCUT2D eigenvalue weighted by atomic mass is 32.2. The summed E-state index contributed by atoms with van der Waals surface area (Å²) in [6.45, 7) is -0.0218. The van der Waals surface area contributed by atoms with Crippen molar-refractivity contribution in [2.75, 3.05) is 6.54 Å². The van der Waals surface area contributed by atoms with E-state index in [0.717, 1.165) is 12.1 Å². The van der Waals surface area contributed by atoms with Crippen LogP contribution in [0.4, 0.5) is 8.78 Å². The van der Waals surface area contributed by atoms with Crippen molar-refractivity contribution in [3.8, 4) is 0 Å². The summed E-state index contributed by atoms with van der Waals surface area (Å²) in [6.07, 6.45) is -0.314. The molecule has 0 spiro atoms. The minimum Gasteiger partial charge on any atom is -0.481 e. The number of sulfone groups is 1. The van der Waals surface area contributed by atoms with Gasteiger partial charge in [0.25, 0.3) is 0 Å². The highest BCUT2D eigenvalue weighted by Gasteiger charge is 2.26. The molecule has 1 rings (SSSR count). The Kier molecular flexibility index (Phi) is 5.77. The van der Waals surface area contributed by atoms with E-state index in [-0.39, 0.29) is 19.4 Å². The standard InChI is InChI=1S/C12H13F2NO5S/c13-12(14)21(19,20)9-3-1-8(2-4-9)7-10(16)15-6-5-11(17)18/h1-4,12H,5-7H2,(H,15,16)(H,17,18). The molecule has 0 saturated heterocycles. The van der Waals surface area contributed by atoms with Crippen molar-refractivity contribution in [1.82, 2.24) is 5.32 Å². The first kappa shape index (κ1) is 17.0. The largest absolute Gasteiger partial charge is 0.481 e. The van der Waals surface area contributed by atoms with Gasteiger partial charge in [-0.3, -0.25) is 9.59 Å². The van der Waals surface area contributed by atoms with Crippen molar-refractivity contribution < 1.29 is 31.9 Å². The van der Waals surface area contributed by atoms with Gasteiger partial charge in [-0.25, -0.2) is 8.42 Å². The van der Waals surface area contributed by atoms with E-state index < -0.39 is 32.4 Å². The summed E-state index contributed by atoms with van der Waals surface area (Å²) in [5.74, 6) is -4.99. The van der Waals surface area contributed by atoms with Crippen LogP contribution in [0, 0.1) is 0 Å². The van der Waals surface area contributed by atoms with Crippen molar-refractivity contribution in [2.24, 2.45) is 0 Å². The molecule has 0 bridgehead atoms. The maximum Gasteiger partial charge on any atom is 0.341 e. The van der Waals surface area contributed by atoms with Crippen LogP contribution in [0.15, 0.2) is 29.2 Å². The first-order valence-corrected chi connectivity index (χ1v) is 7.37. The number of aliphatic carboxylic acids is 1. The molecular formula is C12H13F2NO5S. The van der Waals surface area contributed by atoms with Gasteiger partial charge in [-0.1, -0.05) is 12.1 Å². The van der Waals surface area contributed by atoms with Gasteiger partial charge in [0, 0.05) is 6.54 Å². The summed E-state index contributed by atoms with van der Waals surface area (Å²) >= 11 is 0. The molecule has 0 unspecified atom stereocenters. The van der Waals surface area contributed by atoms with E-state index in [1.807, 2.05) is 0 Å². The number of carboxylic acid groups (broad SMARTS) is 1. The lowest BCUT2D eigenvalue weighted by molar-refractivity contribution is -0.136. The molecule has 0 saturated carbocycles. The molecule has 0 heterocycles. The Labute approximate surface area is 119 Å². The predicted octanol–water partition coefficient (Wildman–Crippen LogP) is 0.816. The van der Waals surface area contributed by atoms with Crippen molar-refractivity contribution in [1.29, 1.82) is 0 Å². The zero-order chi connectivity index (χ0) is 16.0. The number of hydrogen-bond donors (Lipinski definition) is 2. The van der Waals surface area contributed by atoms with Crippen LogP contribution in [0.3, 0.4) is 0 Å². The average Bonchev–Trinajstić information content (AvgIpc) is 2.38. The normalized spacial score (nSPS) is 11.4. The number of hydrogen-bond acceptors (Lipinski definition) is 4. The van der Waals surface area contributed by atoms with Crippen LogP contribution in [0.1, 0.15) is 12.0 Å². The topological polar surface area (TPSA) is 101 Å². The molecule has 1 aromatic rings. The van der Waals surface area contributed by atoms with Crippen molar-refractivity contribution >= 4 is 21.7 Å². The molecule has 116 valence electrons. The SMILES string of the molecule is O=C(O)CCNC(=O)Cc1ccc(S(=O)(=O)C(F)F)cc1. The maximum absolute atomic E-state index is 12.3. The van der Waals surface area contributed by atoms with E-state index >= 15 is 0 Å². The number of nitrogens with one attached hydrogen (secondary N) is 1. The molecule has 2 N–H and O–H groups in total. The Bertz CT molecular complexity index is 613. The second-order valence-corrected chi connectivity index (χ2v) is 6.04. The highest BCUT2D eigenvalue weighted by Crippen LogP contribution is 2.18. The molecule has 9 heteroatoms. The van der Waals surface area contributed by atoms with Crippen molar-refractivity contribution in [3.05, 3.63) is 29.8 Å². The summed E-state index contributed by atoms with van der Waals surface area (Å²) in [7, 11) is -4.64. The molecule has 0 aliphatic heterocycles. The van der Waals surface area contributed by atoms with Crippen LogP contribution in [0.2, 0.25) is 0 Å². The van der Waals surface area contributed by atoms with Gasteiger partial charge in [0.2, 0.25) is 15.7 Å². The third kappa shape index (κ3) is 5.10. The van der Waals surface area contributed by atoms with Crippen molar-refractivity contribution in [2.45, 2.75) is 23.5 Å². The number of benzene rings is 1. The van der Waals surface area contributed by atoms with Gasteiger partial charge >= 0.3 is 11.7 Å². The van der Waals surface area contributed by atoms with Gasteiger partial charge in [0.1, 0.15) is 0 Å². The van der Waals surface area contributed by atoms with Crippen molar-refractivity contribution in [3.63, 3.8) is 0 Å². The fraction of sp³-hybridized carbons (Fsp3) is 0.333. The first-order valence-electron chi connectivity index (χ1n) is 5.83. The monoisotopic (exact) mass is 321 g/mol. The molecule has 0 atom stereocenters. The molecule has 0 fully saturated rings. The smallest absolute Gasteiger partial charge is 0.341 e. The quantitative estimate of drug-likeness (QED) is 0.774. The second-order valence-electron chi connectivity index (χ2n) is 4.12.